The third-order valence-electron chi connectivity index (χ3n) is 5.49. The van der Waals surface area contributed by atoms with Crippen molar-refractivity contribution in [1.82, 2.24) is 10.0 Å². The van der Waals surface area contributed by atoms with Gasteiger partial charge in [-0.15, -0.1) is 0 Å². The maximum atomic E-state index is 12.1. The van der Waals surface area contributed by atoms with Crippen molar-refractivity contribution in [1.29, 1.82) is 0 Å². The normalized spacial score (nSPS) is 38.1. The van der Waals surface area contributed by atoms with E-state index in [1.807, 2.05) is 0 Å². The van der Waals surface area contributed by atoms with Gasteiger partial charge in [0, 0.05) is 6.04 Å². The van der Waals surface area contributed by atoms with Gasteiger partial charge in [0.1, 0.15) is 0 Å². The molecule has 116 valence electrons. The van der Waals surface area contributed by atoms with Crippen molar-refractivity contribution in [3.05, 3.63) is 0 Å². The fraction of sp³-hybridized carbons (Fsp3) is 1.00. The lowest BCUT2D eigenvalue weighted by Crippen LogP contribution is -2.32. The van der Waals surface area contributed by atoms with Crippen molar-refractivity contribution >= 4 is 10.0 Å². The summed E-state index contributed by atoms with van der Waals surface area (Å²) in [5.74, 6) is 3.34. The molecule has 3 saturated carbocycles. The molecule has 0 radical (unpaired) electrons. The number of hydrogen-bond acceptors (Lipinski definition) is 3. The molecule has 3 aliphatic carbocycles. The zero-order valence-electron chi connectivity index (χ0n) is 12.5. The van der Waals surface area contributed by atoms with Gasteiger partial charge in [-0.3, -0.25) is 0 Å². The van der Waals surface area contributed by atoms with Crippen LogP contribution in [0.2, 0.25) is 0 Å². The van der Waals surface area contributed by atoms with Crippen molar-refractivity contribution in [2.24, 2.45) is 23.7 Å². The Morgan fingerprint density at radius 2 is 1.75 bits per heavy atom. The van der Waals surface area contributed by atoms with Crippen molar-refractivity contribution < 1.29 is 8.42 Å². The zero-order valence-corrected chi connectivity index (χ0v) is 13.3. The van der Waals surface area contributed by atoms with Crippen molar-refractivity contribution in [3.8, 4) is 0 Å². The topological polar surface area (TPSA) is 58.2 Å². The Morgan fingerprint density at radius 3 is 2.40 bits per heavy atom. The largest absolute Gasteiger partial charge is 0.317 e. The smallest absolute Gasteiger partial charge is 0.211 e. The highest BCUT2D eigenvalue weighted by Crippen LogP contribution is 2.65. The van der Waals surface area contributed by atoms with E-state index in [1.54, 1.807) is 0 Å². The Kier molecular flexibility index (Phi) is 4.39. The molecule has 5 heteroatoms. The number of unbranched alkanes of at least 4 members (excludes halogenated alkanes) is 1. The van der Waals surface area contributed by atoms with E-state index < -0.39 is 10.0 Å². The molecule has 0 aromatic rings. The van der Waals surface area contributed by atoms with Crippen LogP contribution in [0.3, 0.4) is 0 Å². The molecule has 3 fully saturated rings. The minimum Gasteiger partial charge on any atom is -0.317 e. The Balaban J connectivity index is 1.35. The summed E-state index contributed by atoms with van der Waals surface area (Å²) >= 11 is 0. The summed E-state index contributed by atoms with van der Waals surface area (Å²) in [4.78, 5) is 0. The van der Waals surface area contributed by atoms with E-state index in [-0.39, 0.29) is 0 Å². The minimum atomic E-state index is -3.05. The van der Waals surface area contributed by atoms with E-state index in [2.05, 4.69) is 17.0 Å². The standard InChI is InChI=1S/C15H28N2O2S/c1-2-7-16-8-3-4-9-20(18,19)17-15-13-11-5-6-12(10-11)14(13)15/h11-17H,2-10H2,1H3. The summed E-state index contributed by atoms with van der Waals surface area (Å²) in [6.07, 6.45) is 6.90. The second-order valence-electron chi connectivity index (χ2n) is 6.91. The van der Waals surface area contributed by atoms with E-state index in [0.29, 0.717) is 23.6 Å². The van der Waals surface area contributed by atoms with Crippen LogP contribution in [-0.2, 0) is 10.0 Å². The molecule has 0 heterocycles. The summed E-state index contributed by atoms with van der Waals surface area (Å²) in [6, 6.07) is 0.296. The summed E-state index contributed by atoms with van der Waals surface area (Å²) in [7, 11) is -3.05. The van der Waals surface area contributed by atoms with E-state index in [1.165, 1.54) is 19.3 Å². The fourth-order valence-corrected chi connectivity index (χ4v) is 6.02. The predicted molar refractivity (Wildman–Crippen MR) is 80.9 cm³/mol. The summed E-state index contributed by atoms with van der Waals surface area (Å²) in [6.45, 7) is 4.10. The molecular weight excluding hydrogens is 272 g/mol. The highest BCUT2D eigenvalue weighted by molar-refractivity contribution is 7.89. The average molecular weight is 300 g/mol. The van der Waals surface area contributed by atoms with Gasteiger partial charge in [0.2, 0.25) is 10.0 Å². The van der Waals surface area contributed by atoms with Crippen LogP contribution in [0.15, 0.2) is 0 Å². The number of sulfonamides is 1. The molecule has 3 aliphatic rings. The number of rotatable bonds is 9. The number of hydrogen-bond donors (Lipinski definition) is 2. The first-order chi connectivity index (χ1) is 9.62. The molecule has 4 unspecified atom stereocenters. The quantitative estimate of drug-likeness (QED) is 0.638. The van der Waals surface area contributed by atoms with Crippen molar-refractivity contribution in [2.45, 2.75) is 51.5 Å². The highest BCUT2D eigenvalue weighted by atomic mass is 32.2. The van der Waals surface area contributed by atoms with Crippen molar-refractivity contribution in [3.63, 3.8) is 0 Å². The average Bonchev–Trinajstić information content (AvgIpc) is 2.82. The van der Waals surface area contributed by atoms with Gasteiger partial charge < -0.3 is 5.32 Å². The van der Waals surface area contributed by atoms with Crippen LogP contribution >= 0.6 is 0 Å². The summed E-state index contributed by atoms with van der Waals surface area (Å²) < 4.78 is 27.2. The fourth-order valence-electron chi connectivity index (χ4n) is 4.59. The molecule has 4 nitrogen and oxygen atoms in total. The summed E-state index contributed by atoms with van der Waals surface area (Å²) in [5, 5.41) is 3.31. The third kappa shape index (κ3) is 3.04. The van der Waals surface area contributed by atoms with E-state index in [0.717, 1.165) is 44.2 Å². The third-order valence-corrected chi connectivity index (χ3v) is 6.95. The van der Waals surface area contributed by atoms with Crippen molar-refractivity contribution in [2.75, 3.05) is 18.8 Å². The van der Waals surface area contributed by atoms with Crippen LogP contribution < -0.4 is 10.0 Å². The van der Waals surface area contributed by atoms with Gasteiger partial charge in [-0.1, -0.05) is 6.92 Å². The molecule has 0 spiro atoms. The highest BCUT2D eigenvalue weighted by Gasteiger charge is 2.65. The van der Waals surface area contributed by atoms with Crippen LogP contribution in [0, 0.1) is 23.7 Å². The van der Waals surface area contributed by atoms with E-state index in [9.17, 15) is 8.42 Å². The first-order valence-corrected chi connectivity index (χ1v) is 9.98. The molecular formula is C15H28N2O2S. The summed E-state index contributed by atoms with van der Waals surface area (Å²) in [5.41, 5.74) is 0. The molecule has 0 aromatic carbocycles. The predicted octanol–water partition coefficient (Wildman–Crippen LogP) is 1.73. The van der Waals surface area contributed by atoms with E-state index >= 15 is 0 Å². The molecule has 4 atom stereocenters. The number of nitrogens with one attached hydrogen (secondary N) is 2. The molecule has 0 aromatic heterocycles. The van der Waals surface area contributed by atoms with Gasteiger partial charge in [0.15, 0.2) is 0 Å². The lowest BCUT2D eigenvalue weighted by atomic mass is 10.0. The Bertz CT molecular complexity index is 421. The minimum absolute atomic E-state index is 0.296. The van der Waals surface area contributed by atoms with Gasteiger partial charge in [0.05, 0.1) is 5.75 Å². The first-order valence-electron chi connectivity index (χ1n) is 8.33. The molecule has 0 saturated heterocycles. The maximum Gasteiger partial charge on any atom is 0.211 e. The molecule has 3 rings (SSSR count). The Morgan fingerprint density at radius 1 is 1.05 bits per heavy atom. The maximum absolute atomic E-state index is 12.1. The lowest BCUT2D eigenvalue weighted by Gasteiger charge is -2.11. The monoisotopic (exact) mass is 300 g/mol. The SMILES string of the molecule is CCCNCCCCS(=O)(=O)NC1C2C3CCC(C3)C12. The van der Waals surface area contributed by atoms with Gasteiger partial charge in [-0.05, 0) is 75.3 Å². The van der Waals surface area contributed by atoms with Gasteiger partial charge in [0.25, 0.3) is 0 Å². The first kappa shape index (κ1) is 14.8. The van der Waals surface area contributed by atoms with Crippen LogP contribution in [0.4, 0.5) is 0 Å². The van der Waals surface area contributed by atoms with Crippen LogP contribution in [-0.4, -0.2) is 33.3 Å². The Labute approximate surface area is 123 Å². The molecule has 20 heavy (non-hydrogen) atoms. The van der Waals surface area contributed by atoms with Gasteiger partial charge in [-0.25, -0.2) is 13.1 Å². The van der Waals surface area contributed by atoms with E-state index in [4.69, 9.17) is 0 Å². The Hall–Kier alpha value is -0.130. The zero-order chi connectivity index (χ0) is 14.2. The van der Waals surface area contributed by atoms with Crippen LogP contribution in [0.1, 0.15) is 45.4 Å². The van der Waals surface area contributed by atoms with Gasteiger partial charge in [-0.2, -0.15) is 0 Å². The van der Waals surface area contributed by atoms with Crippen LogP contribution in [0.25, 0.3) is 0 Å². The second-order valence-corrected chi connectivity index (χ2v) is 8.78. The van der Waals surface area contributed by atoms with Crippen LogP contribution in [0.5, 0.6) is 0 Å². The second kappa shape index (κ2) is 5.93. The molecule has 2 bridgehead atoms. The molecule has 2 N–H and O–H groups in total. The van der Waals surface area contributed by atoms with Gasteiger partial charge >= 0.3 is 0 Å². The number of fused-ring (bicyclic) bond motifs is 5. The lowest BCUT2D eigenvalue weighted by molar-refractivity contribution is 0.456. The molecule has 0 amide bonds. The molecule has 0 aliphatic heterocycles.